The van der Waals surface area contributed by atoms with Crippen LogP contribution in [0.3, 0.4) is 0 Å². The number of carbonyl (C=O) groups is 1. The van der Waals surface area contributed by atoms with Gasteiger partial charge in [-0.05, 0) is 24.1 Å². The molecule has 8 nitrogen and oxygen atoms in total. The lowest BCUT2D eigenvalue weighted by atomic mass is 9.86. The molecule has 5 rings (SSSR count). The van der Waals surface area contributed by atoms with E-state index in [4.69, 9.17) is 9.72 Å². The number of hydrogen-bond acceptors (Lipinski definition) is 7. The van der Waals surface area contributed by atoms with Gasteiger partial charge in [-0.2, -0.15) is 10.5 Å². The Morgan fingerprint density at radius 2 is 2.00 bits per heavy atom. The first-order valence-electron chi connectivity index (χ1n) is 9.82. The lowest BCUT2D eigenvalue weighted by molar-refractivity contribution is -0.172. The summed E-state index contributed by atoms with van der Waals surface area (Å²) in [5, 5.41) is 30.8. The van der Waals surface area contributed by atoms with Crippen LogP contribution in [0, 0.1) is 22.7 Å². The second kappa shape index (κ2) is 6.49. The molecule has 8 heteroatoms. The number of nitrogens with zero attached hydrogens (tertiary/aromatic N) is 4. The molecule has 2 aromatic heterocycles. The fourth-order valence-corrected chi connectivity index (χ4v) is 4.55. The molecule has 0 saturated carbocycles. The second-order valence-electron chi connectivity index (χ2n) is 7.66. The van der Waals surface area contributed by atoms with Crippen LogP contribution in [0.1, 0.15) is 41.5 Å². The average Bonchev–Trinajstić information content (AvgIpc) is 3.15. The zero-order valence-corrected chi connectivity index (χ0v) is 16.5. The summed E-state index contributed by atoms with van der Waals surface area (Å²) >= 11 is 0. The van der Waals surface area contributed by atoms with Gasteiger partial charge < -0.3 is 14.4 Å². The van der Waals surface area contributed by atoms with E-state index in [1.807, 2.05) is 18.2 Å². The first-order chi connectivity index (χ1) is 14.9. The van der Waals surface area contributed by atoms with Crippen molar-refractivity contribution in [1.29, 1.82) is 10.5 Å². The number of rotatable bonds is 2. The molecule has 4 heterocycles. The number of fused-ring (bicyclic) bond motifs is 5. The van der Waals surface area contributed by atoms with Crippen LogP contribution in [0.4, 0.5) is 0 Å². The molecule has 0 spiro atoms. The molecule has 2 aliphatic heterocycles. The minimum atomic E-state index is -1.91. The predicted octanol–water partition coefficient (Wildman–Crippen LogP) is 2.21. The molecule has 1 aromatic carbocycles. The van der Waals surface area contributed by atoms with Gasteiger partial charge in [0.25, 0.3) is 5.56 Å². The quantitative estimate of drug-likeness (QED) is 0.500. The van der Waals surface area contributed by atoms with Crippen molar-refractivity contribution < 1.29 is 14.6 Å². The first-order valence-corrected chi connectivity index (χ1v) is 9.82. The van der Waals surface area contributed by atoms with Gasteiger partial charge in [0.2, 0.25) is 0 Å². The van der Waals surface area contributed by atoms with Crippen molar-refractivity contribution in [1.82, 2.24) is 9.55 Å². The van der Waals surface area contributed by atoms with Crippen LogP contribution in [0.15, 0.2) is 35.1 Å². The highest BCUT2D eigenvalue weighted by Crippen LogP contribution is 2.41. The minimum Gasteiger partial charge on any atom is -0.458 e. The molecule has 2 aliphatic rings. The molecule has 0 amide bonds. The van der Waals surface area contributed by atoms with E-state index < -0.39 is 17.5 Å². The molecular formula is C23H16N4O4. The van der Waals surface area contributed by atoms with E-state index >= 15 is 0 Å². The predicted molar refractivity (Wildman–Crippen MR) is 108 cm³/mol. The summed E-state index contributed by atoms with van der Waals surface area (Å²) in [6.45, 7) is 1.57. The molecule has 0 aliphatic carbocycles. The van der Waals surface area contributed by atoms with E-state index in [9.17, 15) is 25.2 Å². The maximum absolute atomic E-state index is 13.3. The number of para-hydroxylation sites is 1. The Balaban J connectivity index is 1.87. The van der Waals surface area contributed by atoms with Gasteiger partial charge in [-0.25, -0.2) is 9.78 Å². The van der Waals surface area contributed by atoms with Crippen LogP contribution in [0.5, 0.6) is 0 Å². The third-order valence-corrected chi connectivity index (χ3v) is 6.19. The van der Waals surface area contributed by atoms with E-state index in [0.717, 1.165) is 0 Å². The molecule has 152 valence electrons. The van der Waals surface area contributed by atoms with Crippen molar-refractivity contribution in [2.24, 2.45) is 0 Å². The van der Waals surface area contributed by atoms with Gasteiger partial charge in [-0.3, -0.25) is 4.79 Å². The van der Waals surface area contributed by atoms with Crippen LogP contribution in [-0.2, 0) is 28.3 Å². The topological polar surface area (TPSA) is 129 Å². The normalized spacial score (nSPS) is 18.7. The Bertz CT molecular complexity index is 1430. The number of cyclic esters (lactones) is 1. The van der Waals surface area contributed by atoms with E-state index in [2.05, 4.69) is 0 Å². The van der Waals surface area contributed by atoms with Crippen molar-refractivity contribution >= 4 is 16.9 Å². The molecule has 3 aromatic rings. The maximum atomic E-state index is 13.3. The average molecular weight is 412 g/mol. The highest BCUT2D eigenvalue weighted by atomic mass is 16.6. The van der Waals surface area contributed by atoms with E-state index in [1.165, 1.54) is 4.57 Å². The van der Waals surface area contributed by atoms with Crippen LogP contribution < -0.4 is 5.56 Å². The molecule has 31 heavy (non-hydrogen) atoms. The lowest BCUT2D eigenvalue weighted by Gasteiger charge is -2.31. The number of esters is 1. The smallest absolute Gasteiger partial charge is 0.343 e. The van der Waals surface area contributed by atoms with Crippen LogP contribution >= 0.6 is 0 Å². The number of aliphatic hydroxyl groups is 1. The largest absolute Gasteiger partial charge is 0.458 e. The Labute approximate surface area is 176 Å². The van der Waals surface area contributed by atoms with Crippen molar-refractivity contribution in [2.75, 3.05) is 0 Å². The third kappa shape index (κ3) is 2.40. The summed E-state index contributed by atoms with van der Waals surface area (Å²) in [5.41, 5.74) is 0.826. The van der Waals surface area contributed by atoms with Crippen LogP contribution in [0.25, 0.3) is 22.3 Å². The summed E-state index contributed by atoms with van der Waals surface area (Å²) in [5.74, 6) is -1.81. The standard InChI is InChI=1S/C23H16N4O4/c1-2-23(30)16-7-18-20-14(10-27(18)21(28)15(16)11-31-22(23)29)19(12(8-24)9-25)13-5-3-4-6-17(13)26-20/h3-7,12,30H,2,10-11H2,1H3/t23-/m0/s1. The van der Waals surface area contributed by atoms with Crippen molar-refractivity contribution in [3.63, 3.8) is 0 Å². The number of hydrogen-bond donors (Lipinski definition) is 1. The van der Waals surface area contributed by atoms with Gasteiger partial charge in [-0.15, -0.1) is 0 Å². The fraction of sp³-hybridized carbons (Fsp3) is 0.261. The molecule has 0 bridgehead atoms. The first kappa shape index (κ1) is 19.0. The Morgan fingerprint density at radius 3 is 2.71 bits per heavy atom. The molecule has 0 radical (unpaired) electrons. The third-order valence-electron chi connectivity index (χ3n) is 6.19. The number of nitriles is 2. The van der Waals surface area contributed by atoms with Gasteiger partial charge in [0.15, 0.2) is 11.5 Å². The second-order valence-corrected chi connectivity index (χ2v) is 7.66. The number of pyridine rings is 2. The number of aromatic nitrogens is 2. The fourth-order valence-electron chi connectivity index (χ4n) is 4.55. The molecular weight excluding hydrogens is 396 g/mol. The zero-order valence-electron chi connectivity index (χ0n) is 16.5. The molecule has 1 atom stereocenters. The van der Waals surface area contributed by atoms with Crippen molar-refractivity contribution in [3.05, 3.63) is 62.9 Å². The van der Waals surface area contributed by atoms with E-state index in [0.29, 0.717) is 33.4 Å². The SMILES string of the molecule is CC[C@@]1(O)C(=O)OCc2c1cc1n(c2=O)Cc2c-1nc1ccccc1c2C(C#N)C#N. The van der Waals surface area contributed by atoms with Crippen LogP contribution in [0.2, 0.25) is 0 Å². The Morgan fingerprint density at radius 1 is 1.26 bits per heavy atom. The lowest BCUT2D eigenvalue weighted by Crippen LogP contribution is -2.44. The molecule has 0 saturated heterocycles. The van der Waals surface area contributed by atoms with Gasteiger partial charge in [-0.1, -0.05) is 25.1 Å². The van der Waals surface area contributed by atoms with Crippen molar-refractivity contribution in [2.45, 2.75) is 38.0 Å². The monoisotopic (exact) mass is 412 g/mol. The Kier molecular flexibility index (Phi) is 3.98. The van der Waals surface area contributed by atoms with Gasteiger partial charge >= 0.3 is 5.97 Å². The van der Waals surface area contributed by atoms with Gasteiger partial charge in [0, 0.05) is 16.5 Å². The summed E-state index contributed by atoms with van der Waals surface area (Å²) in [7, 11) is 0. The summed E-state index contributed by atoms with van der Waals surface area (Å²) < 4.78 is 6.58. The molecule has 1 N–H and O–H groups in total. The highest BCUT2D eigenvalue weighted by Gasteiger charge is 2.45. The number of ether oxygens (including phenoxy) is 1. The highest BCUT2D eigenvalue weighted by molar-refractivity contribution is 5.90. The molecule has 0 fully saturated rings. The van der Waals surface area contributed by atoms with Gasteiger partial charge in [0.05, 0.1) is 41.2 Å². The molecule has 0 unspecified atom stereocenters. The van der Waals surface area contributed by atoms with Crippen molar-refractivity contribution in [3.8, 4) is 23.5 Å². The summed E-state index contributed by atoms with van der Waals surface area (Å²) in [6, 6.07) is 12.9. The van der Waals surface area contributed by atoms with Gasteiger partial charge in [0.1, 0.15) is 6.61 Å². The summed E-state index contributed by atoms with van der Waals surface area (Å²) in [4.78, 5) is 30.3. The minimum absolute atomic E-state index is 0.0515. The van der Waals surface area contributed by atoms with E-state index in [-0.39, 0.29) is 36.3 Å². The summed E-state index contributed by atoms with van der Waals surface area (Å²) in [6.07, 6.45) is 0.0515. The number of carbonyl (C=O) groups excluding carboxylic acids is 1. The Hall–Kier alpha value is -4.01. The van der Waals surface area contributed by atoms with E-state index in [1.54, 1.807) is 31.2 Å². The zero-order chi connectivity index (χ0) is 21.9. The van der Waals surface area contributed by atoms with Crippen LogP contribution in [-0.4, -0.2) is 20.6 Å². The number of benzene rings is 1. The maximum Gasteiger partial charge on any atom is 0.343 e.